The number of halogens is 1. The standard InChI is InChI=1S/C19H16ClN3O3S/c1-3-5-13-6-8-16-15(10-13)19(24)23(12-21-16)22-17-11-14(20)7-9-18(17)27(25,26)4-2/h6-12,22H,4H2,1-2H3. The molecule has 0 aliphatic rings. The van der Waals surface area contributed by atoms with Crippen molar-refractivity contribution in [2.24, 2.45) is 0 Å². The van der Waals surface area contributed by atoms with Crippen LogP contribution in [-0.2, 0) is 9.84 Å². The van der Waals surface area contributed by atoms with Crippen LogP contribution < -0.4 is 11.0 Å². The molecule has 0 saturated carbocycles. The van der Waals surface area contributed by atoms with E-state index in [4.69, 9.17) is 11.6 Å². The van der Waals surface area contributed by atoms with Crippen LogP contribution in [0.4, 0.5) is 5.69 Å². The first kappa shape index (κ1) is 19.0. The fourth-order valence-corrected chi connectivity index (χ4v) is 3.77. The zero-order valence-electron chi connectivity index (χ0n) is 14.7. The van der Waals surface area contributed by atoms with Crippen molar-refractivity contribution in [3.63, 3.8) is 0 Å². The maximum atomic E-state index is 12.8. The summed E-state index contributed by atoms with van der Waals surface area (Å²) >= 11 is 6.01. The van der Waals surface area contributed by atoms with Crippen LogP contribution >= 0.6 is 11.6 Å². The van der Waals surface area contributed by atoms with Crippen LogP contribution in [0.1, 0.15) is 19.4 Å². The number of sulfone groups is 1. The van der Waals surface area contributed by atoms with Crippen LogP contribution in [0.25, 0.3) is 10.9 Å². The van der Waals surface area contributed by atoms with E-state index in [0.29, 0.717) is 21.5 Å². The van der Waals surface area contributed by atoms with E-state index in [0.717, 1.165) is 4.68 Å². The maximum Gasteiger partial charge on any atom is 0.280 e. The molecule has 0 fully saturated rings. The van der Waals surface area contributed by atoms with Crippen molar-refractivity contribution in [2.75, 3.05) is 11.2 Å². The second-order valence-corrected chi connectivity index (χ2v) is 8.37. The molecule has 27 heavy (non-hydrogen) atoms. The van der Waals surface area contributed by atoms with E-state index in [9.17, 15) is 13.2 Å². The van der Waals surface area contributed by atoms with E-state index in [-0.39, 0.29) is 21.9 Å². The second kappa shape index (κ2) is 7.43. The summed E-state index contributed by atoms with van der Waals surface area (Å²) in [6.07, 6.45) is 1.30. The van der Waals surface area contributed by atoms with Gasteiger partial charge in [0.25, 0.3) is 5.56 Å². The van der Waals surface area contributed by atoms with Gasteiger partial charge < -0.3 is 0 Å². The molecule has 1 N–H and O–H groups in total. The van der Waals surface area contributed by atoms with Crippen molar-refractivity contribution in [2.45, 2.75) is 18.7 Å². The minimum absolute atomic E-state index is 0.0620. The van der Waals surface area contributed by atoms with Gasteiger partial charge in [-0.1, -0.05) is 24.4 Å². The molecule has 0 atom stereocenters. The van der Waals surface area contributed by atoms with Crippen LogP contribution in [-0.4, -0.2) is 23.8 Å². The smallest absolute Gasteiger partial charge is 0.280 e. The molecule has 138 valence electrons. The van der Waals surface area contributed by atoms with Gasteiger partial charge in [0.2, 0.25) is 0 Å². The zero-order chi connectivity index (χ0) is 19.6. The molecular weight excluding hydrogens is 386 g/mol. The van der Waals surface area contributed by atoms with Crippen molar-refractivity contribution >= 4 is 38.0 Å². The van der Waals surface area contributed by atoms with Gasteiger partial charge in [-0.05, 0) is 43.3 Å². The summed E-state index contributed by atoms with van der Waals surface area (Å²) in [7, 11) is -3.51. The molecule has 0 aliphatic carbocycles. The molecule has 2 aromatic carbocycles. The summed E-state index contributed by atoms with van der Waals surface area (Å²) in [6, 6.07) is 9.52. The Kier molecular flexibility index (Phi) is 5.22. The first-order chi connectivity index (χ1) is 12.9. The average molecular weight is 402 g/mol. The molecule has 0 saturated heterocycles. The number of nitrogens with one attached hydrogen (secondary N) is 1. The van der Waals surface area contributed by atoms with Gasteiger partial charge in [0.1, 0.15) is 6.33 Å². The maximum absolute atomic E-state index is 12.8. The largest absolute Gasteiger partial charge is 0.289 e. The van der Waals surface area contributed by atoms with E-state index in [1.165, 1.54) is 24.5 Å². The number of hydrogen-bond acceptors (Lipinski definition) is 5. The SMILES string of the molecule is CC#Cc1ccc2ncn(Nc3cc(Cl)ccc3S(=O)(=O)CC)c(=O)c2c1. The van der Waals surface area contributed by atoms with Gasteiger partial charge in [-0.25, -0.2) is 18.1 Å². The lowest BCUT2D eigenvalue weighted by atomic mass is 10.1. The summed E-state index contributed by atoms with van der Waals surface area (Å²) < 4.78 is 25.8. The van der Waals surface area contributed by atoms with Gasteiger partial charge in [0, 0.05) is 10.6 Å². The first-order valence-electron chi connectivity index (χ1n) is 8.09. The van der Waals surface area contributed by atoms with Gasteiger partial charge in [-0.2, -0.15) is 0 Å². The molecular formula is C19H16ClN3O3S. The van der Waals surface area contributed by atoms with E-state index < -0.39 is 9.84 Å². The number of rotatable bonds is 4. The van der Waals surface area contributed by atoms with Crippen LogP contribution in [0.3, 0.4) is 0 Å². The fraction of sp³-hybridized carbons (Fsp3) is 0.158. The molecule has 6 nitrogen and oxygen atoms in total. The van der Waals surface area contributed by atoms with Gasteiger partial charge in [-0.15, -0.1) is 5.92 Å². The molecule has 0 spiro atoms. The summed E-state index contributed by atoms with van der Waals surface area (Å²) in [4.78, 5) is 17.1. The lowest BCUT2D eigenvalue weighted by Crippen LogP contribution is -2.27. The Labute approximate surface area is 161 Å². The Morgan fingerprint density at radius 1 is 1.22 bits per heavy atom. The number of benzene rings is 2. The van der Waals surface area contributed by atoms with Crippen molar-refractivity contribution in [3.05, 3.63) is 63.7 Å². The minimum atomic E-state index is -3.51. The van der Waals surface area contributed by atoms with Crippen molar-refractivity contribution in [1.82, 2.24) is 9.66 Å². The third-order valence-corrected chi connectivity index (χ3v) is 5.95. The monoisotopic (exact) mass is 401 g/mol. The van der Waals surface area contributed by atoms with Crippen molar-refractivity contribution in [3.8, 4) is 11.8 Å². The minimum Gasteiger partial charge on any atom is -0.289 e. The number of anilines is 1. The Morgan fingerprint density at radius 3 is 2.70 bits per heavy atom. The third kappa shape index (κ3) is 3.82. The Bertz CT molecular complexity index is 1250. The second-order valence-electron chi connectivity index (χ2n) is 5.68. The molecule has 0 amide bonds. The molecule has 0 radical (unpaired) electrons. The molecule has 1 aromatic heterocycles. The molecule has 3 aromatic rings. The number of nitrogens with zero attached hydrogens (tertiary/aromatic N) is 2. The first-order valence-corrected chi connectivity index (χ1v) is 10.1. The highest BCUT2D eigenvalue weighted by molar-refractivity contribution is 7.91. The molecule has 1 heterocycles. The van der Waals surface area contributed by atoms with Crippen molar-refractivity contribution in [1.29, 1.82) is 0 Å². The Morgan fingerprint density at radius 2 is 2.00 bits per heavy atom. The molecule has 0 aliphatic heterocycles. The summed E-state index contributed by atoms with van der Waals surface area (Å²) in [5, 5.41) is 0.710. The molecule has 0 bridgehead atoms. The van der Waals surface area contributed by atoms with Crippen LogP contribution in [0.2, 0.25) is 5.02 Å². The van der Waals surface area contributed by atoms with Gasteiger partial charge >= 0.3 is 0 Å². The highest BCUT2D eigenvalue weighted by Gasteiger charge is 2.18. The van der Waals surface area contributed by atoms with Crippen LogP contribution in [0.5, 0.6) is 0 Å². The number of fused-ring (bicyclic) bond motifs is 1. The number of aromatic nitrogens is 2. The predicted octanol–water partition coefficient (Wildman–Crippen LogP) is 3.09. The third-order valence-electron chi connectivity index (χ3n) is 3.93. The fourth-order valence-electron chi connectivity index (χ4n) is 2.57. The average Bonchev–Trinajstić information content (AvgIpc) is 2.64. The van der Waals surface area contributed by atoms with E-state index in [2.05, 4.69) is 22.3 Å². The molecule has 0 unspecified atom stereocenters. The topological polar surface area (TPSA) is 81.1 Å². The predicted molar refractivity (Wildman–Crippen MR) is 107 cm³/mol. The quantitative estimate of drug-likeness (QED) is 0.679. The summed E-state index contributed by atoms with van der Waals surface area (Å²) in [6.45, 7) is 3.26. The lowest BCUT2D eigenvalue weighted by Gasteiger charge is -2.14. The Hall–Kier alpha value is -2.82. The van der Waals surface area contributed by atoms with Crippen LogP contribution in [0, 0.1) is 11.8 Å². The highest BCUT2D eigenvalue weighted by atomic mass is 35.5. The normalized spacial score (nSPS) is 11.1. The van der Waals surface area contributed by atoms with E-state index in [1.807, 2.05) is 0 Å². The number of hydrogen-bond donors (Lipinski definition) is 1. The highest BCUT2D eigenvalue weighted by Crippen LogP contribution is 2.26. The van der Waals surface area contributed by atoms with E-state index >= 15 is 0 Å². The van der Waals surface area contributed by atoms with Gasteiger partial charge in [-0.3, -0.25) is 10.2 Å². The zero-order valence-corrected chi connectivity index (χ0v) is 16.2. The van der Waals surface area contributed by atoms with Gasteiger partial charge in [0.05, 0.1) is 27.2 Å². The summed E-state index contributed by atoms with van der Waals surface area (Å²) in [5.41, 5.74) is 3.85. The van der Waals surface area contributed by atoms with E-state index in [1.54, 1.807) is 32.0 Å². The van der Waals surface area contributed by atoms with Crippen LogP contribution in [0.15, 0.2) is 52.4 Å². The Balaban J connectivity index is 2.15. The lowest BCUT2D eigenvalue weighted by molar-refractivity contribution is 0.597. The molecule has 8 heteroatoms. The summed E-state index contributed by atoms with van der Waals surface area (Å²) in [5.74, 6) is 5.60. The van der Waals surface area contributed by atoms with Crippen molar-refractivity contribution < 1.29 is 8.42 Å². The molecule has 3 rings (SSSR count). The van der Waals surface area contributed by atoms with Gasteiger partial charge in [0.15, 0.2) is 9.84 Å².